The van der Waals surface area contributed by atoms with Crippen LogP contribution >= 0.6 is 0 Å². The first-order valence-corrected chi connectivity index (χ1v) is 7.80. The van der Waals surface area contributed by atoms with Gasteiger partial charge < -0.3 is 4.57 Å². The van der Waals surface area contributed by atoms with Crippen LogP contribution in [0.3, 0.4) is 0 Å². The normalized spacial score (nSPS) is 16.3. The highest BCUT2D eigenvalue weighted by Crippen LogP contribution is 1.75. The highest BCUT2D eigenvalue weighted by atomic mass is 15.0. The fourth-order valence-corrected chi connectivity index (χ4v) is 2.51. The third-order valence-electron chi connectivity index (χ3n) is 3.46. The van der Waals surface area contributed by atoms with Crippen molar-refractivity contribution in [1.82, 2.24) is 4.57 Å². The van der Waals surface area contributed by atoms with Crippen molar-refractivity contribution >= 4 is 30.5 Å². The standard InChI is InChI=1S/C21H26N2/c1-7-13-15-19-17(9-3)18(10-4)20(16-14-8-2)23(12-6)21(19)22-11-5/h7-16H,5-6H2,1-4H3/b13-7-,14-8-,17-9?,18-10-,19-15+,20-16+,22-21?. The van der Waals surface area contributed by atoms with E-state index in [0.29, 0.717) is 0 Å². The maximum atomic E-state index is 4.50. The van der Waals surface area contributed by atoms with E-state index in [2.05, 4.69) is 42.5 Å². The molecule has 0 amide bonds. The van der Waals surface area contributed by atoms with E-state index in [1.807, 2.05) is 56.6 Å². The molecule has 0 bridgehead atoms. The molecule has 120 valence electrons. The lowest BCUT2D eigenvalue weighted by molar-refractivity contribution is 0.930. The fourth-order valence-electron chi connectivity index (χ4n) is 2.51. The summed E-state index contributed by atoms with van der Waals surface area (Å²) >= 11 is 0. The molecule has 2 heteroatoms. The maximum Gasteiger partial charge on any atom is 0.144 e. The van der Waals surface area contributed by atoms with Crippen molar-refractivity contribution in [3.8, 4) is 0 Å². The zero-order valence-corrected chi connectivity index (χ0v) is 14.6. The van der Waals surface area contributed by atoms with E-state index in [9.17, 15) is 0 Å². The lowest BCUT2D eigenvalue weighted by Crippen LogP contribution is -2.61. The average Bonchev–Trinajstić information content (AvgIpc) is 2.57. The summed E-state index contributed by atoms with van der Waals surface area (Å²) in [5.41, 5.74) is 0.822. The zero-order chi connectivity index (χ0) is 17.2. The minimum Gasteiger partial charge on any atom is -0.301 e. The number of pyridine rings is 1. The van der Waals surface area contributed by atoms with Gasteiger partial charge in [0.1, 0.15) is 5.49 Å². The minimum absolute atomic E-state index is 0.822. The average molecular weight is 306 g/mol. The molecule has 2 nitrogen and oxygen atoms in total. The van der Waals surface area contributed by atoms with E-state index in [1.165, 1.54) is 0 Å². The van der Waals surface area contributed by atoms with Crippen molar-refractivity contribution in [2.75, 3.05) is 0 Å². The Hall–Kier alpha value is -2.61. The van der Waals surface area contributed by atoms with Crippen LogP contribution in [0.15, 0.2) is 48.7 Å². The molecule has 0 aromatic carbocycles. The molecule has 0 unspecified atom stereocenters. The summed E-state index contributed by atoms with van der Waals surface area (Å²) in [6.45, 7) is 15.8. The van der Waals surface area contributed by atoms with Crippen LogP contribution < -0.4 is 26.5 Å². The van der Waals surface area contributed by atoms with Gasteiger partial charge in [-0.3, -0.25) is 0 Å². The van der Waals surface area contributed by atoms with Crippen LogP contribution in [0.4, 0.5) is 0 Å². The first kappa shape index (κ1) is 18.4. The summed E-state index contributed by atoms with van der Waals surface area (Å²) in [6, 6.07) is 0. The number of rotatable bonds is 4. The molecular formula is C21H26N2. The van der Waals surface area contributed by atoms with E-state index in [1.54, 1.807) is 12.4 Å². The summed E-state index contributed by atoms with van der Waals surface area (Å²) in [6.07, 6.45) is 19.8. The maximum absolute atomic E-state index is 4.50. The van der Waals surface area contributed by atoms with Crippen molar-refractivity contribution in [1.29, 1.82) is 0 Å². The molecule has 0 saturated heterocycles. The molecule has 1 aromatic rings. The first-order valence-electron chi connectivity index (χ1n) is 7.80. The van der Waals surface area contributed by atoms with E-state index in [0.717, 1.165) is 26.5 Å². The fraction of sp³-hybridized carbons (Fsp3) is 0.190. The molecular weight excluding hydrogens is 280 g/mol. The molecule has 0 aliphatic rings. The zero-order valence-electron chi connectivity index (χ0n) is 14.6. The summed E-state index contributed by atoms with van der Waals surface area (Å²) in [5, 5.41) is 4.41. The first-order chi connectivity index (χ1) is 11.2. The van der Waals surface area contributed by atoms with E-state index < -0.39 is 0 Å². The van der Waals surface area contributed by atoms with Gasteiger partial charge >= 0.3 is 0 Å². The number of nitrogens with zero attached hydrogens (tertiary/aromatic N) is 2. The monoisotopic (exact) mass is 306 g/mol. The Morgan fingerprint density at radius 1 is 0.826 bits per heavy atom. The Balaban J connectivity index is 4.52. The Kier molecular flexibility index (Phi) is 7.55. The van der Waals surface area contributed by atoms with Gasteiger partial charge in [-0.1, -0.05) is 55.7 Å². The second-order valence-electron chi connectivity index (χ2n) is 4.78. The van der Waals surface area contributed by atoms with E-state index in [-0.39, 0.29) is 0 Å². The molecule has 0 saturated carbocycles. The van der Waals surface area contributed by atoms with Crippen LogP contribution in [0.1, 0.15) is 27.7 Å². The topological polar surface area (TPSA) is 17.3 Å². The van der Waals surface area contributed by atoms with Gasteiger partial charge in [-0.2, -0.15) is 0 Å². The second-order valence-corrected chi connectivity index (χ2v) is 4.78. The van der Waals surface area contributed by atoms with Crippen molar-refractivity contribution in [3.05, 3.63) is 70.2 Å². The third kappa shape index (κ3) is 3.98. The van der Waals surface area contributed by atoms with Crippen molar-refractivity contribution < 1.29 is 0 Å². The van der Waals surface area contributed by atoms with E-state index >= 15 is 0 Å². The van der Waals surface area contributed by atoms with Crippen LogP contribution in [-0.4, -0.2) is 4.57 Å². The highest BCUT2D eigenvalue weighted by molar-refractivity contribution is 5.45. The van der Waals surface area contributed by atoms with Crippen LogP contribution in [0.25, 0.3) is 30.5 Å². The van der Waals surface area contributed by atoms with Crippen LogP contribution in [-0.2, 0) is 0 Å². The van der Waals surface area contributed by atoms with Crippen LogP contribution in [0.2, 0.25) is 0 Å². The number of hydrogen-bond acceptors (Lipinski definition) is 1. The van der Waals surface area contributed by atoms with Gasteiger partial charge in [-0.05, 0) is 39.0 Å². The Labute approximate surface area is 138 Å². The Bertz CT molecular complexity index is 934. The molecule has 23 heavy (non-hydrogen) atoms. The molecule has 0 N–H and O–H groups in total. The highest BCUT2D eigenvalue weighted by Gasteiger charge is 2.00. The lowest BCUT2D eigenvalue weighted by Gasteiger charge is -2.06. The number of hydrogen-bond donors (Lipinski definition) is 0. The Morgan fingerprint density at radius 3 is 1.91 bits per heavy atom. The van der Waals surface area contributed by atoms with Gasteiger partial charge in [0.15, 0.2) is 0 Å². The molecule has 0 atom stereocenters. The van der Waals surface area contributed by atoms with Gasteiger partial charge in [-0.15, -0.1) is 0 Å². The minimum atomic E-state index is 0.822. The molecule has 0 spiro atoms. The smallest absolute Gasteiger partial charge is 0.144 e. The van der Waals surface area contributed by atoms with Gasteiger partial charge in [-0.25, -0.2) is 4.99 Å². The predicted octanol–water partition coefficient (Wildman–Crippen LogP) is 1.95. The largest absolute Gasteiger partial charge is 0.301 e. The molecule has 0 aliphatic heterocycles. The summed E-state index contributed by atoms with van der Waals surface area (Å²) in [4.78, 5) is 4.50. The Morgan fingerprint density at radius 2 is 1.43 bits per heavy atom. The predicted molar refractivity (Wildman–Crippen MR) is 104 cm³/mol. The van der Waals surface area contributed by atoms with Crippen molar-refractivity contribution in [3.63, 3.8) is 0 Å². The van der Waals surface area contributed by atoms with Gasteiger partial charge in [0.25, 0.3) is 0 Å². The SMILES string of the molecule is C=CN=c1/c(=C/C=C\C)c(=CC)c(=C/C)/c(=C\C=C/C)n1C=C. The van der Waals surface area contributed by atoms with Crippen molar-refractivity contribution in [2.45, 2.75) is 27.7 Å². The van der Waals surface area contributed by atoms with Crippen LogP contribution in [0, 0.1) is 0 Å². The summed E-state index contributed by atoms with van der Waals surface area (Å²) < 4.78 is 2.00. The second kappa shape index (κ2) is 9.42. The molecule has 0 fully saturated rings. The quantitative estimate of drug-likeness (QED) is 0.809. The third-order valence-corrected chi connectivity index (χ3v) is 3.46. The number of aromatic nitrogens is 1. The van der Waals surface area contributed by atoms with Crippen LogP contribution in [0.5, 0.6) is 0 Å². The molecule has 1 aromatic heterocycles. The molecule has 0 aliphatic carbocycles. The van der Waals surface area contributed by atoms with E-state index in [4.69, 9.17) is 0 Å². The summed E-state index contributed by atoms with van der Waals surface area (Å²) in [7, 11) is 0. The van der Waals surface area contributed by atoms with Gasteiger partial charge in [0.2, 0.25) is 0 Å². The van der Waals surface area contributed by atoms with Gasteiger partial charge in [0.05, 0.1) is 5.35 Å². The summed E-state index contributed by atoms with van der Waals surface area (Å²) in [5.74, 6) is 0. The molecule has 1 heterocycles. The molecule has 0 radical (unpaired) electrons. The van der Waals surface area contributed by atoms with Gasteiger partial charge in [0, 0.05) is 22.8 Å². The molecule has 1 rings (SSSR count). The number of allylic oxidation sites excluding steroid dienone is 4. The van der Waals surface area contributed by atoms with Crippen molar-refractivity contribution in [2.24, 2.45) is 4.99 Å². The lowest BCUT2D eigenvalue weighted by atomic mass is 10.1.